The average Bonchev–Trinajstić information content (AvgIpc) is 3.42. The molecular formula is C22H30O5. The van der Waals surface area contributed by atoms with E-state index in [1.165, 1.54) is 7.11 Å². The maximum absolute atomic E-state index is 12.0. The lowest BCUT2D eigenvalue weighted by Gasteiger charge is -2.29. The molecule has 148 valence electrons. The lowest BCUT2D eigenvalue weighted by molar-refractivity contribution is -0.154. The molecule has 1 aliphatic heterocycles. The largest absolute Gasteiger partial charge is 0.490 e. The Morgan fingerprint density at radius 2 is 1.96 bits per heavy atom. The van der Waals surface area contributed by atoms with Crippen molar-refractivity contribution in [3.8, 4) is 5.75 Å². The summed E-state index contributed by atoms with van der Waals surface area (Å²) in [6.45, 7) is 5.61. The molecule has 0 spiro atoms. The SMILES string of the molecule is COC(=O)[C@H](C[C@H]1CCc2cc(CC(=O)OC(C)(C)C)ccc2O1)C1CC1. The number of benzene rings is 1. The van der Waals surface area contributed by atoms with E-state index in [0.29, 0.717) is 5.92 Å². The molecule has 1 heterocycles. The third-order valence-corrected chi connectivity index (χ3v) is 5.13. The molecule has 3 rings (SSSR count). The van der Waals surface area contributed by atoms with E-state index in [-0.39, 0.29) is 30.4 Å². The zero-order valence-electron chi connectivity index (χ0n) is 16.7. The van der Waals surface area contributed by atoms with Crippen LogP contribution in [0.5, 0.6) is 5.75 Å². The van der Waals surface area contributed by atoms with Crippen LogP contribution in [0, 0.1) is 11.8 Å². The Balaban J connectivity index is 1.60. The number of carbonyl (C=O) groups excluding carboxylic acids is 2. The van der Waals surface area contributed by atoms with E-state index in [4.69, 9.17) is 14.2 Å². The first-order valence-electron chi connectivity index (χ1n) is 9.83. The number of aryl methyl sites for hydroxylation is 1. The van der Waals surface area contributed by atoms with E-state index in [9.17, 15) is 9.59 Å². The number of carbonyl (C=O) groups is 2. The molecule has 0 N–H and O–H groups in total. The standard InChI is InChI=1S/C22H30O5/c1-22(2,3)27-20(23)12-14-5-10-19-16(11-14)8-9-17(26-19)13-18(15-6-7-15)21(24)25-4/h5,10-11,15,17-18H,6-9,12-13H2,1-4H3/t17-,18-/m1/s1. The van der Waals surface area contributed by atoms with E-state index in [0.717, 1.165) is 49.0 Å². The van der Waals surface area contributed by atoms with Crippen LogP contribution in [-0.2, 0) is 31.9 Å². The van der Waals surface area contributed by atoms with Crippen LogP contribution >= 0.6 is 0 Å². The number of ether oxygens (including phenoxy) is 3. The molecule has 5 nitrogen and oxygen atoms in total. The van der Waals surface area contributed by atoms with Crippen molar-refractivity contribution in [3.05, 3.63) is 29.3 Å². The number of methoxy groups -OCH3 is 1. The fourth-order valence-electron chi connectivity index (χ4n) is 3.73. The van der Waals surface area contributed by atoms with Crippen molar-refractivity contribution in [2.24, 2.45) is 11.8 Å². The highest BCUT2D eigenvalue weighted by atomic mass is 16.6. The lowest BCUT2D eigenvalue weighted by atomic mass is 9.91. The Hall–Kier alpha value is -2.04. The summed E-state index contributed by atoms with van der Waals surface area (Å²) in [6.07, 6.45) is 5.01. The maximum Gasteiger partial charge on any atom is 0.310 e. The number of fused-ring (bicyclic) bond motifs is 1. The van der Waals surface area contributed by atoms with Crippen LogP contribution in [0.15, 0.2) is 18.2 Å². The van der Waals surface area contributed by atoms with Gasteiger partial charge in [-0.25, -0.2) is 0 Å². The van der Waals surface area contributed by atoms with Crippen LogP contribution in [0.2, 0.25) is 0 Å². The highest BCUT2D eigenvalue weighted by Crippen LogP contribution is 2.41. The number of esters is 2. The topological polar surface area (TPSA) is 61.8 Å². The average molecular weight is 374 g/mol. The first-order valence-corrected chi connectivity index (χ1v) is 9.83. The second-order valence-electron chi connectivity index (χ2n) is 8.69. The van der Waals surface area contributed by atoms with Gasteiger partial charge in [0.15, 0.2) is 0 Å². The summed E-state index contributed by atoms with van der Waals surface area (Å²) in [7, 11) is 1.46. The summed E-state index contributed by atoms with van der Waals surface area (Å²) >= 11 is 0. The van der Waals surface area contributed by atoms with E-state index >= 15 is 0 Å². The van der Waals surface area contributed by atoms with Gasteiger partial charge in [0.1, 0.15) is 11.4 Å². The maximum atomic E-state index is 12.0. The van der Waals surface area contributed by atoms with Crippen molar-refractivity contribution in [1.29, 1.82) is 0 Å². The first kappa shape index (κ1) is 19.7. The van der Waals surface area contributed by atoms with Crippen LogP contribution in [0.25, 0.3) is 0 Å². The van der Waals surface area contributed by atoms with Gasteiger partial charge < -0.3 is 14.2 Å². The van der Waals surface area contributed by atoms with Crippen molar-refractivity contribution in [3.63, 3.8) is 0 Å². The summed E-state index contributed by atoms with van der Waals surface area (Å²) in [5.74, 6) is 0.937. The smallest absolute Gasteiger partial charge is 0.310 e. The molecule has 1 saturated carbocycles. The first-order chi connectivity index (χ1) is 12.7. The predicted octanol–water partition coefficient (Wildman–Crippen LogP) is 3.85. The fraction of sp³-hybridized carbons (Fsp3) is 0.636. The highest BCUT2D eigenvalue weighted by molar-refractivity contribution is 5.73. The minimum atomic E-state index is -0.473. The molecule has 1 fully saturated rings. The third-order valence-electron chi connectivity index (χ3n) is 5.13. The van der Waals surface area contributed by atoms with Crippen LogP contribution in [0.3, 0.4) is 0 Å². The molecule has 2 atom stereocenters. The van der Waals surface area contributed by atoms with Gasteiger partial charge in [0.2, 0.25) is 0 Å². The van der Waals surface area contributed by atoms with Gasteiger partial charge >= 0.3 is 11.9 Å². The molecule has 0 unspecified atom stereocenters. The second kappa shape index (κ2) is 7.91. The van der Waals surface area contributed by atoms with E-state index in [1.807, 2.05) is 39.0 Å². The zero-order valence-corrected chi connectivity index (χ0v) is 16.7. The summed E-state index contributed by atoms with van der Waals surface area (Å²) in [5.41, 5.74) is 1.59. The molecule has 1 aliphatic carbocycles. The van der Waals surface area contributed by atoms with Crippen LogP contribution in [0.4, 0.5) is 0 Å². The van der Waals surface area contributed by atoms with E-state index < -0.39 is 5.60 Å². The third kappa shape index (κ3) is 5.47. The zero-order chi connectivity index (χ0) is 19.6. The summed E-state index contributed by atoms with van der Waals surface area (Å²) in [6, 6.07) is 5.89. The van der Waals surface area contributed by atoms with Gasteiger partial charge in [-0.2, -0.15) is 0 Å². The van der Waals surface area contributed by atoms with Crippen LogP contribution in [0.1, 0.15) is 57.6 Å². The molecule has 1 aromatic rings. The van der Waals surface area contributed by atoms with Gasteiger partial charge in [-0.1, -0.05) is 12.1 Å². The molecule has 0 bridgehead atoms. The lowest BCUT2D eigenvalue weighted by Crippen LogP contribution is -2.30. The van der Waals surface area contributed by atoms with Crippen LogP contribution in [-0.4, -0.2) is 30.8 Å². The Bertz CT molecular complexity index is 699. The van der Waals surface area contributed by atoms with Gasteiger partial charge in [-0.3, -0.25) is 9.59 Å². The fourth-order valence-corrected chi connectivity index (χ4v) is 3.73. The van der Waals surface area contributed by atoms with Gasteiger partial charge in [0, 0.05) is 0 Å². The molecule has 0 aromatic heterocycles. The van der Waals surface area contributed by atoms with Gasteiger partial charge in [-0.05, 0) is 76.0 Å². The van der Waals surface area contributed by atoms with Crippen molar-refractivity contribution in [2.75, 3.05) is 7.11 Å². The number of hydrogen-bond acceptors (Lipinski definition) is 5. The Morgan fingerprint density at radius 1 is 1.22 bits per heavy atom. The molecule has 0 amide bonds. The molecule has 0 radical (unpaired) electrons. The van der Waals surface area contributed by atoms with Gasteiger partial charge in [0.05, 0.1) is 25.6 Å². The Morgan fingerprint density at radius 3 is 2.59 bits per heavy atom. The van der Waals surface area contributed by atoms with Gasteiger partial charge in [0.25, 0.3) is 0 Å². The predicted molar refractivity (Wildman–Crippen MR) is 102 cm³/mol. The number of hydrogen-bond donors (Lipinski definition) is 0. The minimum Gasteiger partial charge on any atom is -0.490 e. The molecule has 0 saturated heterocycles. The monoisotopic (exact) mass is 374 g/mol. The molecule has 5 heteroatoms. The van der Waals surface area contributed by atoms with E-state index in [2.05, 4.69) is 0 Å². The molecule has 2 aliphatic rings. The Labute approximate surface area is 161 Å². The quantitative estimate of drug-likeness (QED) is 0.708. The molecule has 27 heavy (non-hydrogen) atoms. The van der Waals surface area contributed by atoms with Crippen molar-refractivity contribution < 1.29 is 23.8 Å². The van der Waals surface area contributed by atoms with Crippen LogP contribution < -0.4 is 4.74 Å². The van der Waals surface area contributed by atoms with Crippen molar-refractivity contribution in [1.82, 2.24) is 0 Å². The highest BCUT2D eigenvalue weighted by Gasteiger charge is 2.39. The van der Waals surface area contributed by atoms with Crippen molar-refractivity contribution >= 4 is 11.9 Å². The Kier molecular flexibility index (Phi) is 5.78. The minimum absolute atomic E-state index is 0.0407. The second-order valence-corrected chi connectivity index (χ2v) is 8.69. The van der Waals surface area contributed by atoms with Gasteiger partial charge in [-0.15, -0.1) is 0 Å². The number of rotatable bonds is 6. The van der Waals surface area contributed by atoms with Crippen molar-refractivity contribution in [2.45, 2.75) is 71.0 Å². The summed E-state index contributed by atoms with van der Waals surface area (Å²) in [5, 5.41) is 0. The molecule has 1 aromatic carbocycles. The van der Waals surface area contributed by atoms with E-state index in [1.54, 1.807) is 0 Å². The normalized spacial score (nSPS) is 20.2. The molecular weight excluding hydrogens is 344 g/mol. The summed E-state index contributed by atoms with van der Waals surface area (Å²) in [4.78, 5) is 24.1. The summed E-state index contributed by atoms with van der Waals surface area (Å²) < 4.78 is 16.5.